The largest absolute Gasteiger partial charge is 0.508 e. The summed E-state index contributed by atoms with van der Waals surface area (Å²) in [6.45, 7) is 13.5. The third-order valence-electron chi connectivity index (χ3n) is 9.22. The van der Waals surface area contributed by atoms with Gasteiger partial charge in [-0.1, -0.05) is 102 Å². The maximum Gasteiger partial charge on any atom is 0.168 e. The van der Waals surface area contributed by atoms with E-state index >= 15 is 0 Å². The van der Waals surface area contributed by atoms with E-state index in [2.05, 4.69) is 165 Å². The number of imidazole rings is 1. The summed E-state index contributed by atoms with van der Waals surface area (Å²) in [5.41, 5.74) is 8.64. The van der Waals surface area contributed by atoms with Gasteiger partial charge in [0.05, 0.1) is 0 Å². The molecule has 3 aromatic heterocycles. The van der Waals surface area contributed by atoms with Crippen LogP contribution < -0.4 is 4.74 Å². The fourth-order valence-electron chi connectivity index (χ4n) is 6.72. The van der Waals surface area contributed by atoms with E-state index in [1.54, 1.807) is 0 Å². The molecular formula is C44H39N4OPt-. The van der Waals surface area contributed by atoms with Crippen molar-refractivity contribution in [1.82, 2.24) is 18.7 Å². The molecule has 0 aliphatic carbocycles. The molecule has 0 amide bonds. The van der Waals surface area contributed by atoms with E-state index in [0.717, 1.165) is 44.6 Å². The number of benzene rings is 5. The second-order valence-corrected chi connectivity index (χ2v) is 14.7. The SMILES string of the molecule is CC(C)(C)c1ccnc(-n2c3[c-]c(Oc4[c-]c(-n5[cH+]n(-c6ccccc6)c6ccccc65)ccc4)ccc3c3cccc(C(C)(C)C)c32)c1.[Pt]. The Labute approximate surface area is 308 Å². The second kappa shape index (κ2) is 12.7. The van der Waals surface area contributed by atoms with Gasteiger partial charge < -0.3 is 9.30 Å². The van der Waals surface area contributed by atoms with Gasteiger partial charge in [0.15, 0.2) is 17.4 Å². The van der Waals surface area contributed by atoms with Gasteiger partial charge in [-0.05, 0) is 51.6 Å². The van der Waals surface area contributed by atoms with Crippen LogP contribution in [0.1, 0.15) is 52.7 Å². The predicted molar refractivity (Wildman–Crippen MR) is 201 cm³/mol. The Balaban J connectivity index is 0.00000392. The van der Waals surface area contributed by atoms with Crippen LogP contribution in [0, 0.1) is 12.1 Å². The number of rotatable bonds is 5. The number of pyridine rings is 1. The summed E-state index contributed by atoms with van der Waals surface area (Å²) in [6, 6.07) is 47.0. The number of ether oxygens (including phenoxy) is 1. The Hall–Kier alpha value is -4.99. The Morgan fingerprint density at radius 1 is 0.640 bits per heavy atom. The van der Waals surface area contributed by atoms with Gasteiger partial charge in [0, 0.05) is 62.1 Å². The number of para-hydroxylation sites is 4. The molecule has 0 atom stereocenters. The first-order valence-electron chi connectivity index (χ1n) is 16.8. The molecule has 8 rings (SSSR count). The smallest absolute Gasteiger partial charge is 0.168 e. The van der Waals surface area contributed by atoms with Crippen LogP contribution in [0.15, 0.2) is 128 Å². The molecule has 8 aromatic rings. The molecule has 5 aromatic carbocycles. The first kappa shape index (κ1) is 33.5. The zero-order chi connectivity index (χ0) is 33.9. The van der Waals surface area contributed by atoms with Crippen LogP contribution >= 0.6 is 0 Å². The summed E-state index contributed by atoms with van der Waals surface area (Å²) in [5, 5.41) is 2.28. The van der Waals surface area contributed by atoms with Crippen molar-refractivity contribution in [3.63, 3.8) is 0 Å². The molecule has 0 N–H and O–H groups in total. The van der Waals surface area contributed by atoms with Gasteiger partial charge in [-0.15, -0.1) is 29.7 Å². The van der Waals surface area contributed by atoms with Gasteiger partial charge in [0.2, 0.25) is 0 Å². The van der Waals surface area contributed by atoms with Gasteiger partial charge in [0.25, 0.3) is 0 Å². The van der Waals surface area contributed by atoms with Crippen LogP contribution in [0.5, 0.6) is 11.5 Å². The quantitative estimate of drug-likeness (QED) is 0.162. The summed E-state index contributed by atoms with van der Waals surface area (Å²) in [6.07, 6.45) is 4.03. The van der Waals surface area contributed by atoms with E-state index in [4.69, 9.17) is 9.72 Å². The minimum absolute atomic E-state index is 0. The zero-order valence-corrected chi connectivity index (χ0v) is 31.4. The molecule has 0 radical (unpaired) electrons. The Morgan fingerprint density at radius 3 is 2.08 bits per heavy atom. The molecule has 0 aliphatic rings. The molecular weight excluding hydrogens is 796 g/mol. The third kappa shape index (κ3) is 5.94. The van der Waals surface area contributed by atoms with Crippen molar-refractivity contribution in [3.8, 4) is 28.7 Å². The average Bonchev–Trinajstić information content (AvgIpc) is 3.64. The molecule has 50 heavy (non-hydrogen) atoms. The van der Waals surface area contributed by atoms with Crippen molar-refractivity contribution in [1.29, 1.82) is 0 Å². The van der Waals surface area contributed by atoms with Crippen LogP contribution in [-0.4, -0.2) is 18.7 Å². The zero-order valence-electron chi connectivity index (χ0n) is 29.1. The van der Waals surface area contributed by atoms with Crippen LogP contribution in [0.3, 0.4) is 0 Å². The van der Waals surface area contributed by atoms with Crippen LogP contribution in [-0.2, 0) is 31.9 Å². The molecule has 5 nitrogen and oxygen atoms in total. The monoisotopic (exact) mass is 834 g/mol. The standard InChI is InChI=1S/C44H39N4O.Pt/c1-43(2,3)30-24-25-45-41(26-30)48-40-28-34(22-23-35(40)36-18-13-19-37(42(36)48)44(4,5)6)49-33-17-12-16-32(27-33)47-29-46(31-14-8-7-9-15-31)38-20-10-11-21-39(38)47;/h7-26,29H,1-6H3;/q-1;. The fraction of sp³-hybridized carbons (Fsp3) is 0.182. The van der Waals surface area contributed by atoms with E-state index in [1.807, 2.05) is 30.5 Å². The molecule has 0 saturated carbocycles. The van der Waals surface area contributed by atoms with Crippen molar-refractivity contribution in [2.45, 2.75) is 52.4 Å². The molecule has 0 aliphatic heterocycles. The number of hydrogen-bond donors (Lipinski definition) is 0. The number of nitrogens with zero attached hydrogens (tertiary/aromatic N) is 4. The minimum atomic E-state index is -0.0801. The summed E-state index contributed by atoms with van der Waals surface area (Å²) >= 11 is 0. The number of fused-ring (bicyclic) bond motifs is 4. The molecule has 3 heterocycles. The van der Waals surface area contributed by atoms with Crippen LogP contribution in [0.4, 0.5) is 0 Å². The third-order valence-corrected chi connectivity index (χ3v) is 9.22. The van der Waals surface area contributed by atoms with Crippen molar-refractivity contribution >= 4 is 32.8 Å². The first-order chi connectivity index (χ1) is 23.6. The summed E-state index contributed by atoms with van der Waals surface area (Å²) in [4.78, 5) is 4.92. The van der Waals surface area contributed by atoms with Crippen molar-refractivity contribution in [2.24, 2.45) is 0 Å². The summed E-state index contributed by atoms with van der Waals surface area (Å²) in [7, 11) is 0. The van der Waals surface area contributed by atoms with Gasteiger partial charge >= 0.3 is 0 Å². The molecule has 0 bridgehead atoms. The number of aromatic nitrogens is 4. The topological polar surface area (TPSA) is 36.9 Å². The number of hydrogen-bond acceptors (Lipinski definition) is 2. The van der Waals surface area contributed by atoms with Crippen molar-refractivity contribution < 1.29 is 25.8 Å². The Kier molecular flexibility index (Phi) is 8.52. The second-order valence-electron chi connectivity index (χ2n) is 14.7. The molecule has 252 valence electrons. The van der Waals surface area contributed by atoms with E-state index in [1.165, 1.54) is 16.5 Å². The van der Waals surface area contributed by atoms with Crippen LogP contribution in [0.25, 0.3) is 50.0 Å². The van der Waals surface area contributed by atoms with E-state index in [9.17, 15) is 0 Å². The van der Waals surface area contributed by atoms with Gasteiger partial charge in [-0.3, -0.25) is 0 Å². The van der Waals surface area contributed by atoms with E-state index in [0.29, 0.717) is 11.5 Å². The summed E-state index contributed by atoms with van der Waals surface area (Å²) in [5.74, 6) is 2.10. The van der Waals surface area contributed by atoms with Crippen molar-refractivity contribution in [3.05, 3.63) is 151 Å². The van der Waals surface area contributed by atoms with E-state index < -0.39 is 0 Å². The molecule has 0 spiro atoms. The first-order valence-corrected chi connectivity index (χ1v) is 16.8. The van der Waals surface area contributed by atoms with Gasteiger partial charge in [0.1, 0.15) is 11.5 Å². The normalized spacial score (nSPS) is 12.0. The van der Waals surface area contributed by atoms with Gasteiger partial charge in [-0.25, -0.2) is 9.55 Å². The van der Waals surface area contributed by atoms with Crippen molar-refractivity contribution in [2.75, 3.05) is 0 Å². The molecule has 0 saturated heterocycles. The fourth-order valence-corrected chi connectivity index (χ4v) is 6.72. The van der Waals surface area contributed by atoms with Gasteiger partial charge in [-0.2, -0.15) is 16.7 Å². The summed E-state index contributed by atoms with van der Waals surface area (Å²) < 4.78 is 13.2. The molecule has 0 fully saturated rings. The average molecular weight is 835 g/mol. The molecule has 0 unspecified atom stereocenters. The molecule has 6 heteroatoms. The predicted octanol–water partition coefficient (Wildman–Crippen LogP) is 11.2. The van der Waals surface area contributed by atoms with E-state index in [-0.39, 0.29) is 31.9 Å². The Morgan fingerprint density at radius 2 is 1.34 bits per heavy atom. The Bertz CT molecular complexity index is 2500. The van der Waals surface area contributed by atoms with Crippen LogP contribution in [0.2, 0.25) is 0 Å². The maximum atomic E-state index is 6.55. The maximum absolute atomic E-state index is 6.55. The minimum Gasteiger partial charge on any atom is -0.508 e.